The maximum absolute atomic E-state index is 14.2. The van der Waals surface area contributed by atoms with Gasteiger partial charge in [-0.3, -0.25) is 9.79 Å². The van der Waals surface area contributed by atoms with Crippen LogP contribution in [0.5, 0.6) is 0 Å². The van der Waals surface area contributed by atoms with Crippen LogP contribution in [0.2, 0.25) is 10.0 Å². The Bertz CT molecular complexity index is 1200. The van der Waals surface area contributed by atoms with Crippen LogP contribution in [0.4, 0.5) is 13.2 Å². The Labute approximate surface area is 210 Å². The first kappa shape index (κ1) is 25.3. The van der Waals surface area contributed by atoms with Crippen molar-refractivity contribution in [1.82, 2.24) is 10.2 Å². The fourth-order valence-corrected chi connectivity index (χ4v) is 4.76. The van der Waals surface area contributed by atoms with Crippen LogP contribution in [0.15, 0.2) is 46.5 Å². The van der Waals surface area contributed by atoms with Gasteiger partial charge in [0.25, 0.3) is 11.5 Å². The molecule has 0 radical (unpaired) electrons. The number of nitrogens with zero attached hydrogens (tertiary/aromatic N) is 3. The van der Waals surface area contributed by atoms with E-state index in [-0.39, 0.29) is 27.2 Å². The van der Waals surface area contributed by atoms with E-state index in [2.05, 4.69) is 20.4 Å². The zero-order valence-electron chi connectivity index (χ0n) is 19.0. The number of oxime groups is 1. The highest BCUT2D eigenvalue weighted by Gasteiger charge is 2.62. The number of benzene rings is 2. The summed E-state index contributed by atoms with van der Waals surface area (Å²) in [6.45, 7) is 6.40. The molecule has 0 fully saturated rings. The molecule has 1 amide bonds. The summed E-state index contributed by atoms with van der Waals surface area (Å²) in [4.78, 5) is 24.3. The van der Waals surface area contributed by atoms with E-state index in [9.17, 15) is 18.0 Å². The lowest BCUT2D eigenvalue weighted by atomic mass is 9.86. The van der Waals surface area contributed by atoms with E-state index < -0.39 is 18.2 Å². The number of amides is 1. The van der Waals surface area contributed by atoms with Crippen molar-refractivity contribution in [3.8, 4) is 0 Å². The maximum atomic E-state index is 14.2. The van der Waals surface area contributed by atoms with Crippen molar-refractivity contribution in [1.29, 1.82) is 0 Å². The number of rotatable bonds is 6. The molecule has 0 saturated carbocycles. The van der Waals surface area contributed by atoms with Gasteiger partial charge in [-0.15, -0.1) is 0 Å². The second kappa shape index (κ2) is 9.70. The minimum Gasteiger partial charge on any atom is -0.374 e. The molecule has 0 spiro atoms. The van der Waals surface area contributed by atoms with Gasteiger partial charge in [-0.1, -0.05) is 34.4 Å². The molecule has 35 heavy (non-hydrogen) atoms. The molecular formula is C24H23Cl2F3N4O2. The lowest BCUT2D eigenvalue weighted by molar-refractivity contribution is -0.275. The molecule has 2 heterocycles. The highest BCUT2D eigenvalue weighted by molar-refractivity contribution is 6.34. The van der Waals surface area contributed by atoms with E-state index >= 15 is 0 Å². The zero-order valence-corrected chi connectivity index (χ0v) is 20.6. The number of aryl methyl sites for hydroxylation is 1. The second-order valence-corrected chi connectivity index (χ2v) is 9.25. The number of carbonyl (C=O) groups is 1. The number of alkyl halides is 3. The Morgan fingerprint density at radius 3 is 2.54 bits per heavy atom. The van der Waals surface area contributed by atoms with Crippen molar-refractivity contribution < 1.29 is 22.8 Å². The van der Waals surface area contributed by atoms with Gasteiger partial charge in [-0.2, -0.15) is 13.2 Å². The Kier molecular flexibility index (Phi) is 7.02. The molecule has 1 N–H and O–H groups in total. The molecule has 2 aliphatic heterocycles. The van der Waals surface area contributed by atoms with Crippen LogP contribution in [0.25, 0.3) is 0 Å². The number of nitrogens with one attached hydrogen (secondary N) is 1. The topological polar surface area (TPSA) is 66.3 Å². The number of halogens is 5. The third kappa shape index (κ3) is 4.97. The minimum absolute atomic E-state index is 0.0602. The number of hydrogen-bond acceptors (Lipinski definition) is 5. The fraction of sp³-hybridized carbons (Fsp3) is 0.375. The van der Waals surface area contributed by atoms with Crippen molar-refractivity contribution in [2.45, 2.75) is 32.0 Å². The molecule has 1 atom stereocenters. The Morgan fingerprint density at radius 2 is 1.91 bits per heavy atom. The smallest absolute Gasteiger partial charge is 0.374 e. The molecule has 6 nitrogen and oxygen atoms in total. The van der Waals surface area contributed by atoms with Gasteiger partial charge in [-0.05, 0) is 55.3 Å². The van der Waals surface area contributed by atoms with Gasteiger partial charge >= 0.3 is 6.18 Å². The normalized spacial score (nSPS) is 19.9. The Balaban J connectivity index is 1.53. The van der Waals surface area contributed by atoms with Crippen LogP contribution in [-0.2, 0) is 10.4 Å². The molecule has 186 valence electrons. The fourth-order valence-electron chi connectivity index (χ4n) is 4.24. The summed E-state index contributed by atoms with van der Waals surface area (Å²) in [6.07, 6.45) is -5.35. The van der Waals surface area contributed by atoms with Crippen molar-refractivity contribution in [3.05, 3.63) is 68.7 Å². The number of carbonyl (C=O) groups excluding carboxylic acids is 1. The molecule has 1 unspecified atom stereocenters. The lowest BCUT2D eigenvalue weighted by Crippen LogP contribution is -2.42. The molecule has 2 aromatic rings. The highest BCUT2D eigenvalue weighted by atomic mass is 35.5. The quantitative estimate of drug-likeness (QED) is 0.551. The van der Waals surface area contributed by atoms with E-state index in [0.29, 0.717) is 29.8 Å². The molecule has 11 heteroatoms. The standard InChI is InChI=1S/C24H23Cl2F3N4O2/c1-3-33-7-6-30-21(33)13-31-22(34)19-5-4-15(8-14(19)2)20-12-23(35-32-20,24(27,28)29)16-9-17(25)11-18(26)10-16/h4-5,8-11H,3,6-7,12-13H2,1-2H3,(H,31,34). The summed E-state index contributed by atoms with van der Waals surface area (Å²) in [5.74, 6) is 0.541. The largest absolute Gasteiger partial charge is 0.435 e. The maximum Gasteiger partial charge on any atom is 0.435 e. The van der Waals surface area contributed by atoms with Crippen molar-refractivity contribution >= 4 is 40.7 Å². The molecule has 0 saturated heterocycles. The van der Waals surface area contributed by atoms with E-state index in [1.807, 2.05) is 6.92 Å². The van der Waals surface area contributed by atoms with Gasteiger partial charge in [0, 0.05) is 40.7 Å². The van der Waals surface area contributed by atoms with Gasteiger partial charge in [-0.25, -0.2) is 0 Å². The number of amidine groups is 1. The zero-order chi connectivity index (χ0) is 25.4. The van der Waals surface area contributed by atoms with E-state index in [1.165, 1.54) is 18.2 Å². The average molecular weight is 527 g/mol. The molecule has 2 aromatic carbocycles. The first-order valence-electron chi connectivity index (χ1n) is 11.0. The van der Waals surface area contributed by atoms with Gasteiger partial charge in [0.1, 0.15) is 5.84 Å². The number of aliphatic imine (C=N–C) groups is 1. The van der Waals surface area contributed by atoms with Crippen LogP contribution in [-0.4, -0.2) is 54.7 Å². The molecule has 4 rings (SSSR count). The van der Waals surface area contributed by atoms with Crippen LogP contribution in [0, 0.1) is 6.92 Å². The molecular weight excluding hydrogens is 504 g/mol. The van der Waals surface area contributed by atoms with Crippen molar-refractivity contribution in [2.24, 2.45) is 10.1 Å². The van der Waals surface area contributed by atoms with Crippen LogP contribution >= 0.6 is 23.2 Å². The first-order valence-corrected chi connectivity index (χ1v) is 11.8. The van der Waals surface area contributed by atoms with Gasteiger partial charge in [0.05, 0.1) is 18.8 Å². The van der Waals surface area contributed by atoms with Gasteiger partial charge < -0.3 is 15.1 Å². The highest BCUT2D eigenvalue weighted by Crippen LogP contribution is 2.49. The summed E-state index contributed by atoms with van der Waals surface area (Å²) in [5.41, 5.74) is -1.40. The second-order valence-electron chi connectivity index (χ2n) is 8.38. The molecule has 2 aliphatic rings. The first-order chi connectivity index (χ1) is 16.5. The Hall–Kier alpha value is -2.78. The summed E-state index contributed by atoms with van der Waals surface area (Å²) < 4.78 is 42.7. The third-order valence-electron chi connectivity index (χ3n) is 6.14. The predicted octanol–water partition coefficient (Wildman–Crippen LogP) is 5.35. The average Bonchev–Trinajstić information content (AvgIpc) is 3.44. The molecule has 0 aromatic heterocycles. The van der Waals surface area contributed by atoms with Crippen molar-refractivity contribution in [3.63, 3.8) is 0 Å². The van der Waals surface area contributed by atoms with E-state index in [0.717, 1.165) is 18.9 Å². The lowest BCUT2D eigenvalue weighted by Gasteiger charge is -2.29. The monoisotopic (exact) mass is 526 g/mol. The summed E-state index contributed by atoms with van der Waals surface area (Å²) >= 11 is 11.9. The Morgan fingerprint density at radius 1 is 1.20 bits per heavy atom. The number of likely N-dealkylation sites (N-methyl/N-ethyl adjacent to an activating group) is 1. The van der Waals surface area contributed by atoms with Crippen LogP contribution in [0.1, 0.15) is 40.4 Å². The molecule has 0 aliphatic carbocycles. The summed E-state index contributed by atoms with van der Waals surface area (Å²) in [7, 11) is 0. The number of hydrogen-bond donors (Lipinski definition) is 1. The summed E-state index contributed by atoms with van der Waals surface area (Å²) in [6, 6.07) is 8.45. The van der Waals surface area contributed by atoms with E-state index in [1.54, 1.807) is 25.1 Å². The predicted molar refractivity (Wildman–Crippen MR) is 129 cm³/mol. The third-order valence-corrected chi connectivity index (χ3v) is 6.57. The SMILES string of the molecule is CCN1CCN=C1CNC(=O)c1ccc(C2=NOC(c3cc(Cl)cc(Cl)c3)(C(F)(F)F)C2)cc1C. The summed E-state index contributed by atoms with van der Waals surface area (Å²) in [5, 5.41) is 6.75. The van der Waals surface area contributed by atoms with E-state index in [4.69, 9.17) is 28.0 Å². The van der Waals surface area contributed by atoms with Crippen LogP contribution < -0.4 is 5.32 Å². The van der Waals surface area contributed by atoms with Gasteiger partial charge in [0.15, 0.2) is 0 Å². The van der Waals surface area contributed by atoms with Crippen molar-refractivity contribution in [2.75, 3.05) is 26.2 Å². The van der Waals surface area contributed by atoms with Crippen LogP contribution in [0.3, 0.4) is 0 Å². The molecule has 0 bridgehead atoms. The minimum atomic E-state index is -4.78. The van der Waals surface area contributed by atoms with Gasteiger partial charge in [0.2, 0.25) is 0 Å².